The van der Waals surface area contributed by atoms with Gasteiger partial charge in [-0.05, 0) is 39.9 Å². The molecular formula is C20H46O4Si2. The standard InChI is InChI=1S/C20H46O4Si2/c1-7-11-12-13-14-15-16-17-18-19-20-25(5,6)24-26(21-8-2,22-9-3)23-10-4/h7-20H2,1-6H3. The molecule has 158 valence electrons. The Hall–Kier alpha value is 0.274. The highest BCUT2D eigenvalue weighted by Gasteiger charge is 2.49. The summed E-state index contributed by atoms with van der Waals surface area (Å²) >= 11 is 0. The topological polar surface area (TPSA) is 36.9 Å². The van der Waals surface area contributed by atoms with Crippen molar-refractivity contribution < 1.29 is 17.4 Å². The summed E-state index contributed by atoms with van der Waals surface area (Å²) in [4.78, 5) is 0. The first-order valence-corrected chi connectivity index (χ1v) is 15.8. The third-order valence-electron chi connectivity index (χ3n) is 4.50. The van der Waals surface area contributed by atoms with Crippen molar-refractivity contribution in [1.82, 2.24) is 0 Å². The van der Waals surface area contributed by atoms with Crippen LogP contribution in [0, 0.1) is 0 Å². The molecule has 0 atom stereocenters. The monoisotopic (exact) mass is 406 g/mol. The number of hydrogen-bond acceptors (Lipinski definition) is 4. The van der Waals surface area contributed by atoms with E-state index in [-0.39, 0.29) is 0 Å². The van der Waals surface area contributed by atoms with Gasteiger partial charge in [0, 0.05) is 19.8 Å². The van der Waals surface area contributed by atoms with Gasteiger partial charge in [0.25, 0.3) is 0 Å². The molecule has 0 unspecified atom stereocenters. The summed E-state index contributed by atoms with van der Waals surface area (Å²) in [6.45, 7) is 14.4. The average molecular weight is 407 g/mol. The lowest BCUT2D eigenvalue weighted by Crippen LogP contribution is -2.55. The molecule has 0 heterocycles. The maximum absolute atomic E-state index is 6.44. The zero-order chi connectivity index (χ0) is 19.7. The van der Waals surface area contributed by atoms with E-state index < -0.39 is 17.4 Å². The van der Waals surface area contributed by atoms with Gasteiger partial charge >= 0.3 is 9.05 Å². The Bertz CT molecular complexity index is 297. The second-order valence-electron chi connectivity index (χ2n) is 7.59. The fraction of sp³-hybridized carbons (Fsp3) is 1.00. The molecule has 0 bridgehead atoms. The molecule has 0 N–H and O–H groups in total. The van der Waals surface area contributed by atoms with E-state index in [2.05, 4.69) is 20.0 Å². The molecule has 0 aliphatic carbocycles. The Morgan fingerprint density at radius 1 is 0.538 bits per heavy atom. The first-order chi connectivity index (χ1) is 12.4. The van der Waals surface area contributed by atoms with E-state index in [1.165, 1.54) is 64.2 Å². The van der Waals surface area contributed by atoms with Crippen molar-refractivity contribution in [2.24, 2.45) is 0 Å². The molecule has 0 fully saturated rings. The fourth-order valence-corrected chi connectivity index (χ4v) is 9.41. The molecule has 6 heteroatoms. The van der Waals surface area contributed by atoms with Gasteiger partial charge < -0.3 is 17.4 Å². The van der Waals surface area contributed by atoms with Crippen LogP contribution in [0.4, 0.5) is 0 Å². The van der Waals surface area contributed by atoms with Gasteiger partial charge in [-0.2, -0.15) is 0 Å². The first-order valence-electron chi connectivity index (χ1n) is 11.1. The summed E-state index contributed by atoms with van der Waals surface area (Å²) in [7, 11) is -4.82. The predicted octanol–water partition coefficient (Wildman–Crippen LogP) is 6.67. The molecule has 0 aliphatic heterocycles. The second kappa shape index (κ2) is 16.2. The molecule has 0 saturated carbocycles. The van der Waals surface area contributed by atoms with Crippen LogP contribution < -0.4 is 0 Å². The smallest absolute Gasteiger partial charge is 0.394 e. The largest absolute Gasteiger partial charge is 0.669 e. The minimum atomic E-state index is -2.97. The normalized spacial score (nSPS) is 12.7. The van der Waals surface area contributed by atoms with E-state index in [1.54, 1.807) is 0 Å². The Morgan fingerprint density at radius 3 is 1.31 bits per heavy atom. The van der Waals surface area contributed by atoms with E-state index in [1.807, 2.05) is 20.8 Å². The van der Waals surface area contributed by atoms with E-state index >= 15 is 0 Å². The molecule has 0 spiro atoms. The van der Waals surface area contributed by atoms with Crippen molar-refractivity contribution in [3.63, 3.8) is 0 Å². The van der Waals surface area contributed by atoms with Gasteiger partial charge in [0.1, 0.15) is 0 Å². The first kappa shape index (κ1) is 26.3. The summed E-state index contributed by atoms with van der Waals surface area (Å²) in [6, 6.07) is 1.14. The average Bonchev–Trinajstić information content (AvgIpc) is 2.57. The lowest BCUT2D eigenvalue weighted by molar-refractivity contribution is 0.00689. The van der Waals surface area contributed by atoms with Gasteiger partial charge in [-0.1, -0.05) is 71.1 Å². The fourth-order valence-electron chi connectivity index (χ4n) is 3.17. The highest BCUT2D eigenvalue weighted by atomic mass is 28.5. The third-order valence-corrected chi connectivity index (χ3v) is 11.2. The summed E-state index contributed by atoms with van der Waals surface area (Å²) in [5.41, 5.74) is 0. The van der Waals surface area contributed by atoms with Crippen molar-refractivity contribution in [3.05, 3.63) is 0 Å². The molecule has 0 aromatic carbocycles. The Balaban J connectivity index is 4.06. The third kappa shape index (κ3) is 13.4. The number of rotatable bonds is 19. The van der Waals surface area contributed by atoms with Crippen molar-refractivity contribution in [3.8, 4) is 0 Å². The number of unbranched alkanes of at least 4 members (excludes halogenated alkanes) is 9. The van der Waals surface area contributed by atoms with Crippen LogP contribution >= 0.6 is 0 Å². The van der Waals surface area contributed by atoms with Gasteiger partial charge in [0.2, 0.25) is 0 Å². The maximum atomic E-state index is 6.44. The van der Waals surface area contributed by atoms with E-state index in [0.29, 0.717) is 19.8 Å². The van der Waals surface area contributed by atoms with Crippen LogP contribution in [0.2, 0.25) is 19.1 Å². The van der Waals surface area contributed by atoms with E-state index in [4.69, 9.17) is 17.4 Å². The van der Waals surface area contributed by atoms with Crippen LogP contribution in [0.5, 0.6) is 0 Å². The minimum absolute atomic E-state index is 0.564. The lowest BCUT2D eigenvalue weighted by atomic mass is 10.1. The zero-order valence-corrected chi connectivity index (χ0v) is 20.5. The van der Waals surface area contributed by atoms with Crippen LogP contribution in [-0.4, -0.2) is 37.2 Å². The molecule has 26 heavy (non-hydrogen) atoms. The summed E-state index contributed by atoms with van der Waals surface area (Å²) in [5.74, 6) is 0. The van der Waals surface area contributed by atoms with Crippen molar-refractivity contribution >= 4 is 17.4 Å². The summed E-state index contributed by atoms with van der Waals surface area (Å²) in [6.07, 6.45) is 13.7. The van der Waals surface area contributed by atoms with Gasteiger partial charge in [-0.25, -0.2) is 0 Å². The van der Waals surface area contributed by atoms with Crippen molar-refractivity contribution in [2.75, 3.05) is 19.8 Å². The molecule has 0 rings (SSSR count). The van der Waals surface area contributed by atoms with Crippen molar-refractivity contribution in [2.45, 2.75) is 111 Å². The van der Waals surface area contributed by atoms with Crippen LogP contribution in [0.15, 0.2) is 0 Å². The maximum Gasteiger partial charge on any atom is 0.669 e. The zero-order valence-electron chi connectivity index (χ0n) is 18.5. The van der Waals surface area contributed by atoms with Gasteiger partial charge in [-0.15, -0.1) is 0 Å². The molecule has 0 amide bonds. The molecule has 0 saturated heterocycles. The lowest BCUT2D eigenvalue weighted by Gasteiger charge is -2.34. The number of hydrogen-bond donors (Lipinski definition) is 0. The highest BCUT2D eigenvalue weighted by molar-refractivity contribution is 6.79. The van der Waals surface area contributed by atoms with Gasteiger partial charge in [0.05, 0.1) is 0 Å². The van der Waals surface area contributed by atoms with Crippen molar-refractivity contribution in [1.29, 1.82) is 0 Å². The van der Waals surface area contributed by atoms with Crippen LogP contribution in [0.3, 0.4) is 0 Å². The van der Waals surface area contributed by atoms with Crippen LogP contribution in [0.1, 0.15) is 91.9 Å². The van der Waals surface area contributed by atoms with Crippen LogP contribution in [-0.2, 0) is 17.4 Å². The SMILES string of the molecule is CCCCCCCCCCCC[Si](C)(C)O[Si](OCC)(OCC)OCC. The van der Waals surface area contributed by atoms with Gasteiger partial charge in [-0.3, -0.25) is 0 Å². The molecule has 0 aromatic heterocycles. The van der Waals surface area contributed by atoms with E-state index in [9.17, 15) is 0 Å². The molecular weight excluding hydrogens is 360 g/mol. The minimum Gasteiger partial charge on any atom is -0.394 e. The Labute approximate surface area is 166 Å². The molecule has 4 nitrogen and oxygen atoms in total. The summed E-state index contributed by atoms with van der Waals surface area (Å²) < 4.78 is 24.0. The summed E-state index contributed by atoms with van der Waals surface area (Å²) in [5, 5.41) is 0. The predicted molar refractivity (Wildman–Crippen MR) is 116 cm³/mol. The second-order valence-corrected chi connectivity index (χ2v) is 14.3. The highest BCUT2D eigenvalue weighted by Crippen LogP contribution is 2.24. The Morgan fingerprint density at radius 2 is 0.923 bits per heavy atom. The molecule has 0 aliphatic rings. The molecule has 0 radical (unpaired) electrons. The van der Waals surface area contributed by atoms with Gasteiger partial charge in [0.15, 0.2) is 8.32 Å². The van der Waals surface area contributed by atoms with Crippen LogP contribution in [0.25, 0.3) is 0 Å². The van der Waals surface area contributed by atoms with E-state index in [0.717, 1.165) is 6.04 Å². The quantitative estimate of drug-likeness (QED) is 0.177. The Kier molecular flexibility index (Phi) is 16.4. The molecule has 0 aromatic rings.